The van der Waals surface area contributed by atoms with Crippen LogP contribution in [0.3, 0.4) is 0 Å². The molecule has 1 aromatic rings. The van der Waals surface area contributed by atoms with E-state index in [1.165, 1.54) is 0 Å². The van der Waals surface area contributed by atoms with Crippen LogP contribution in [-0.4, -0.2) is 16.2 Å². The zero-order valence-corrected chi connectivity index (χ0v) is 8.60. The standard InChI is InChI=1S/C12H14O3/c1-9(2)8-12(15,11(13)14)10-6-4-3-5-7-10/h3-7,15H,1,8H2,2H3,(H,13,14). The molecule has 15 heavy (non-hydrogen) atoms. The molecule has 3 heteroatoms. The number of carboxylic acid groups (broad SMARTS) is 1. The van der Waals surface area contributed by atoms with Crippen molar-refractivity contribution in [2.24, 2.45) is 0 Å². The van der Waals surface area contributed by atoms with Crippen molar-refractivity contribution in [3.8, 4) is 0 Å². The van der Waals surface area contributed by atoms with Crippen LogP contribution in [0.25, 0.3) is 0 Å². The van der Waals surface area contributed by atoms with E-state index in [0.717, 1.165) is 0 Å². The molecule has 0 spiro atoms. The molecule has 0 aliphatic heterocycles. The van der Waals surface area contributed by atoms with Gasteiger partial charge in [-0.2, -0.15) is 0 Å². The monoisotopic (exact) mass is 206 g/mol. The van der Waals surface area contributed by atoms with E-state index in [1.54, 1.807) is 37.3 Å². The molecule has 2 N–H and O–H groups in total. The van der Waals surface area contributed by atoms with Crippen LogP contribution in [0.4, 0.5) is 0 Å². The van der Waals surface area contributed by atoms with Gasteiger partial charge in [0.2, 0.25) is 0 Å². The van der Waals surface area contributed by atoms with Crippen LogP contribution in [0, 0.1) is 0 Å². The molecule has 0 amide bonds. The third-order valence-corrected chi connectivity index (χ3v) is 2.16. The first-order valence-corrected chi connectivity index (χ1v) is 4.62. The van der Waals surface area contributed by atoms with Gasteiger partial charge in [-0.25, -0.2) is 4.79 Å². The average Bonchev–Trinajstić information content (AvgIpc) is 2.17. The number of hydrogen-bond donors (Lipinski definition) is 2. The van der Waals surface area contributed by atoms with Gasteiger partial charge in [0, 0.05) is 6.42 Å². The highest BCUT2D eigenvalue weighted by Gasteiger charge is 2.37. The van der Waals surface area contributed by atoms with Crippen LogP contribution in [0.1, 0.15) is 18.9 Å². The molecule has 0 bridgehead atoms. The summed E-state index contributed by atoms with van der Waals surface area (Å²) in [7, 11) is 0. The maximum Gasteiger partial charge on any atom is 0.340 e. The molecular weight excluding hydrogens is 192 g/mol. The largest absolute Gasteiger partial charge is 0.479 e. The average molecular weight is 206 g/mol. The number of benzene rings is 1. The molecule has 1 atom stereocenters. The zero-order chi connectivity index (χ0) is 11.5. The first-order chi connectivity index (χ1) is 6.97. The number of aliphatic hydroxyl groups is 1. The summed E-state index contributed by atoms with van der Waals surface area (Å²) in [5, 5.41) is 19.1. The Morgan fingerprint density at radius 1 is 1.40 bits per heavy atom. The van der Waals surface area contributed by atoms with Crippen LogP contribution < -0.4 is 0 Å². The molecule has 0 saturated heterocycles. The van der Waals surface area contributed by atoms with Crippen LogP contribution in [-0.2, 0) is 10.4 Å². The van der Waals surface area contributed by atoms with E-state index in [9.17, 15) is 9.90 Å². The zero-order valence-electron chi connectivity index (χ0n) is 8.60. The minimum Gasteiger partial charge on any atom is -0.479 e. The van der Waals surface area contributed by atoms with Gasteiger partial charge in [-0.1, -0.05) is 35.9 Å². The molecule has 0 heterocycles. The Morgan fingerprint density at radius 3 is 2.33 bits per heavy atom. The Balaban J connectivity index is 3.13. The normalized spacial score (nSPS) is 14.3. The van der Waals surface area contributed by atoms with Crippen molar-refractivity contribution in [2.75, 3.05) is 0 Å². The van der Waals surface area contributed by atoms with Gasteiger partial charge in [-0.3, -0.25) is 0 Å². The van der Waals surface area contributed by atoms with Gasteiger partial charge in [0.05, 0.1) is 0 Å². The highest BCUT2D eigenvalue weighted by atomic mass is 16.4. The molecular formula is C12H14O3. The van der Waals surface area contributed by atoms with Crippen molar-refractivity contribution < 1.29 is 15.0 Å². The van der Waals surface area contributed by atoms with E-state index in [0.29, 0.717) is 11.1 Å². The lowest BCUT2D eigenvalue weighted by Crippen LogP contribution is -2.35. The summed E-state index contributed by atoms with van der Waals surface area (Å²) in [6.45, 7) is 5.32. The lowest BCUT2D eigenvalue weighted by molar-refractivity contribution is -0.159. The fourth-order valence-electron chi connectivity index (χ4n) is 1.45. The summed E-state index contributed by atoms with van der Waals surface area (Å²) in [6, 6.07) is 8.35. The van der Waals surface area contributed by atoms with E-state index in [2.05, 4.69) is 6.58 Å². The van der Waals surface area contributed by atoms with Crippen molar-refractivity contribution in [3.05, 3.63) is 48.0 Å². The number of rotatable bonds is 4. The van der Waals surface area contributed by atoms with Crippen molar-refractivity contribution in [1.29, 1.82) is 0 Å². The Morgan fingerprint density at radius 2 is 1.93 bits per heavy atom. The highest BCUT2D eigenvalue weighted by molar-refractivity contribution is 5.79. The number of aliphatic carboxylic acids is 1. The molecule has 0 radical (unpaired) electrons. The molecule has 1 rings (SSSR count). The van der Waals surface area contributed by atoms with Crippen LogP contribution in [0.15, 0.2) is 42.5 Å². The van der Waals surface area contributed by atoms with E-state index >= 15 is 0 Å². The third-order valence-electron chi connectivity index (χ3n) is 2.16. The van der Waals surface area contributed by atoms with Crippen LogP contribution >= 0.6 is 0 Å². The number of carboxylic acids is 1. The second-order valence-corrected chi connectivity index (χ2v) is 3.67. The quantitative estimate of drug-likeness (QED) is 0.740. The Labute approximate surface area is 88.7 Å². The van der Waals surface area contributed by atoms with E-state index in [4.69, 9.17) is 5.11 Å². The maximum absolute atomic E-state index is 11.1. The molecule has 0 aromatic heterocycles. The van der Waals surface area contributed by atoms with Gasteiger partial charge in [0.25, 0.3) is 0 Å². The fourth-order valence-corrected chi connectivity index (χ4v) is 1.45. The summed E-state index contributed by atoms with van der Waals surface area (Å²) in [5.41, 5.74) is -0.864. The van der Waals surface area contributed by atoms with E-state index in [1.807, 2.05) is 0 Å². The second-order valence-electron chi connectivity index (χ2n) is 3.67. The van der Waals surface area contributed by atoms with Gasteiger partial charge >= 0.3 is 5.97 Å². The molecule has 1 aromatic carbocycles. The Bertz CT molecular complexity index is 370. The van der Waals surface area contributed by atoms with Crippen molar-refractivity contribution >= 4 is 5.97 Å². The third kappa shape index (κ3) is 2.44. The van der Waals surface area contributed by atoms with Crippen LogP contribution in [0.5, 0.6) is 0 Å². The van der Waals surface area contributed by atoms with Gasteiger partial charge in [0.15, 0.2) is 5.60 Å². The molecule has 1 unspecified atom stereocenters. The fraction of sp³-hybridized carbons (Fsp3) is 0.250. The van der Waals surface area contributed by atoms with Crippen molar-refractivity contribution in [3.63, 3.8) is 0 Å². The predicted molar refractivity (Wildman–Crippen MR) is 57.4 cm³/mol. The summed E-state index contributed by atoms with van der Waals surface area (Å²) >= 11 is 0. The summed E-state index contributed by atoms with van der Waals surface area (Å²) in [6.07, 6.45) is 0.0202. The summed E-state index contributed by atoms with van der Waals surface area (Å²) in [5.74, 6) is -1.25. The molecule has 80 valence electrons. The molecule has 0 aliphatic carbocycles. The van der Waals surface area contributed by atoms with Crippen molar-refractivity contribution in [1.82, 2.24) is 0 Å². The lowest BCUT2D eigenvalue weighted by atomic mass is 9.88. The van der Waals surface area contributed by atoms with Gasteiger partial charge in [-0.05, 0) is 12.5 Å². The van der Waals surface area contributed by atoms with E-state index in [-0.39, 0.29) is 6.42 Å². The van der Waals surface area contributed by atoms with Crippen LogP contribution in [0.2, 0.25) is 0 Å². The van der Waals surface area contributed by atoms with Gasteiger partial charge in [0.1, 0.15) is 0 Å². The molecule has 0 aliphatic rings. The summed E-state index contributed by atoms with van der Waals surface area (Å²) in [4.78, 5) is 11.1. The smallest absolute Gasteiger partial charge is 0.340 e. The Hall–Kier alpha value is -1.61. The Kier molecular flexibility index (Phi) is 3.27. The lowest BCUT2D eigenvalue weighted by Gasteiger charge is -2.23. The van der Waals surface area contributed by atoms with Gasteiger partial charge < -0.3 is 10.2 Å². The molecule has 3 nitrogen and oxygen atoms in total. The summed E-state index contributed by atoms with van der Waals surface area (Å²) < 4.78 is 0. The SMILES string of the molecule is C=C(C)CC(O)(C(=O)O)c1ccccc1. The first kappa shape index (κ1) is 11.5. The minimum absolute atomic E-state index is 0.0202. The predicted octanol–water partition coefficient (Wildman–Crippen LogP) is 1.93. The molecule has 0 fully saturated rings. The number of hydrogen-bond acceptors (Lipinski definition) is 2. The van der Waals surface area contributed by atoms with E-state index < -0.39 is 11.6 Å². The maximum atomic E-state index is 11.1. The van der Waals surface area contributed by atoms with Crippen molar-refractivity contribution in [2.45, 2.75) is 18.9 Å². The second kappa shape index (κ2) is 4.28. The van der Waals surface area contributed by atoms with Gasteiger partial charge in [-0.15, -0.1) is 6.58 Å². The topological polar surface area (TPSA) is 57.5 Å². The molecule has 0 saturated carbocycles. The number of carbonyl (C=O) groups is 1. The minimum atomic E-state index is -1.87. The first-order valence-electron chi connectivity index (χ1n) is 4.62. The highest BCUT2D eigenvalue weighted by Crippen LogP contribution is 2.28.